The SMILES string of the molecule is O=C(NC1(CN2CCCCC2)CC1)N1CCN(Cc2cccc(O)c2)CC1. The van der Waals surface area contributed by atoms with Crippen LogP contribution >= 0.6 is 0 Å². The van der Waals surface area contributed by atoms with Crippen LogP contribution in [0.15, 0.2) is 24.3 Å². The van der Waals surface area contributed by atoms with E-state index in [1.54, 1.807) is 6.07 Å². The fourth-order valence-electron chi connectivity index (χ4n) is 4.35. The predicted molar refractivity (Wildman–Crippen MR) is 106 cm³/mol. The number of aromatic hydroxyl groups is 1. The number of hydrogen-bond donors (Lipinski definition) is 2. The molecule has 6 heteroatoms. The number of carbonyl (C=O) groups excluding carboxylic acids is 1. The molecule has 3 fully saturated rings. The lowest BCUT2D eigenvalue weighted by Crippen LogP contribution is -2.55. The van der Waals surface area contributed by atoms with Crippen molar-refractivity contribution in [3.63, 3.8) is 0 Å². The number of hydrogen-bond acceptors (Lipinski definition) is 4. The van der Waals surface area contributed by atoms with Gasteiger partial charge in [0.1, 0.15) is 5.75 Å². The summed E-state index contributed by atoms with van der Waals surface area (Å²) in [6.07, 6.45) is 6.18. The molecule has 0 spiro atoms. The number of nitrogens with zero attached hydrogens (tertiary/aromatic N) is 3. The monoisotopic (exact) mass is 372 g/mol. The molecule has 0 atom stereocenters. The van der Waals surface area contributed by atoms with Crippen LogP contribution in [0.1, 0.15) is 37.7 Å². The Kier molecular flexibility index (Phi) is 5.55. The largest absolute Gasteiger partial charge is 0.508 e. The van der Waals surface area contributed by atoms with Crippen molar-refractivity contribution in [1.82, 2.24) is 20.0 Å². The van der Waals surface area contributed by atoms with Crippen LogP contribution in [0.4, 0.5) is 4.79 Å². The summed E-state index contributed by atoms with van der Waals surface area (Å²) in [6, 6.07) is 7.54. The second-order valence-corrected chi connectivity index (χ2v) is 8.48. The van der Waals surface area contributed by atoms with Crippen LogP contribution in [0.3, 0.4) is 0 Å². The zero-order valence-electron chi connectivity index (χ0n) is 16.2. The Balaban J connectivity index is 1.22. The number of phenols is 1. The quantitative estimate of drug-likeness (QED) is 0.832. The van der Waals surface area contributed by atoms with Gasteiger partial charge in [-0.15, -0.1) is 0 Å². The highest BCUT2D eigenvalue weighted by atomic mass is 16.3. The number of rotatable bonds is 5. The second-order valence-electron chi connectivity index (χ2n) is 8.48. The van der Waals surface area contributed by atoms with Gasteiger partial charge in [0.2, 0.25) is 0 Å². The molecular weight excluding hydrogens is 340 g/mol. The summed E-state index contributed by atoms with van der Waals surface area (Å²) in [5.74, 6) is 0.314. The Morgan fingerprint density at radius 2 is 1.74 bits per heavy atom. The van der Waals surface area contributed by atoms with Crippen LogP contribution in [0.5, 0.6) is 5.75 Å². The lowest BCUT2D eigenvalue weighted by atomic mass is 10.1. The lowest BCUT2D eigenvalue weighted by molar-refractivity contribution is 0.128. The van der Waals surface area contributed by atoms with Crippen molar-refractivity contribution < 1.29 is 9.90 Å². The third-order valence-corrected chi connectivity index (χ3v) is 6.18. The van der Waals surface area contributed by atoms with Crippen molar-refractivity contribution in [3.8, 4) is 5.75 Å². The number of nitrogens with one attached hydrogen (secondary N) is 1. The molecule has 27 heavy (non-hydrogen) atoms. The molecule has 2 saturated heterocycles. The number of likely N-dealkylation sites (tertiary alicyclic amines) is 1. The highest BCUT2D eigenvalue weighted by Gasteiger charge is 2.46. The first-order valence-corrected chi connectivity index (χ1v) is 10.4. The molecule has 148 valence electrons. The van der Waals surface area contributed by atoms with E-state index < -0.39 is 0 Å². The number of piperidine rings is 1. The van der Waals surface area contributed by atoms with E-state index in [0.717, 1.165) is 57.7 Å². The highest BCUT2D eigenvalue weighted by molar-refractivity contribution is 5.75. The summed E-state index contributed by atoms with van der Waals surface area (Å²) >= 11 is 0. The van der Waals surface area contributed by atoms with Gasteiger partial charge in [0, 0.05) is 39.3 Å². The lowest BCUT2D eigenvalue weighted by Gasteiger charge is -2.36. The fourth-order valence-corrected chi connectivity index (χ4v) is 4.35. The van der Waals surface area contributed by atoms with Gasteiger partial charge in [-0.05, 0) is 56.5 Å². The Hall–Kier alpha value is -1.79. The first kappa shape index (κ1) is 18.6. The molecule has 1 aliphatic carbocycles. The molecule has 4 rings (SSSR count). The van der Waals surface area contributed by atoms with Crippen LogP contribution in [-0.4, -0.2) is 77.2 Å². The zero-order valence-corrected chi connectivity index (χ0v) is 16.2. The summed E-state index contributed by atoms with van der Waals surface area (Å²) in [6.45, 7) is 7.51. The molecule has 2 aliphatic heterocycles. The van der Waals surface area contributed by atoms with Crippen LogP contribution in [0.25, 0.3) is 0 Å². The van der Waals surface area contributed by atoms with Gasteiger partial charge in [-0.2, -0.15) is 0 Å². The highest BCUT2D eigenvalue weighted by Crippen LogP contribution is 2.37. The summed E-state index contributed by atoms with van der Waals surface area (Å²) < 4.78 is 0. The number of carbonyl (C=O) groups is 1. The maximum atomic E-state index is 12.7. The van der Waals surface area contributed by atoms with E-state index in [4.69, 9.17) is 0 Å². The minimum Gasteiger partial charge on any atom is -0.508 e. The van der Waals surface area contributed by atoms with Crippen molar-refractivity contribution in [2.45, 2.75) is 44.2 Å². The van der Waals surface area contributed by atoms with E-state index in [2.05, 4.69) is 15.1 Å². The van der Waals surface area contributed by atoms with E-state index in [0.29, 0.717) is 5.75 Å². The third kappa shape index (κ3) is 4.93. The van der Waals surface area contributed by atoms with Crippen molar-refractivity contribution in [3.05, 3.63) is 29.8 Å². The average Bonchev–Trinajstić information content (AvgIpc) is 3.42. The topological polar surface area (TPSA) is 59.1 Å². The number of piperazine rings is 1. The zero-order chi connectivity index (χ0) is 18.7. The van der Waals surface area contributed by atoms with Crippen LogP contribution in [0, 0.1) is 0 Å². The van der Waals surface area contributed by atoms with Crippen LogP contribution < -0.4 is 5.32 Å². The maximum absolute atomic E-state index is 12.7. The van der Waals surface area contributed by atoms with Crippen molar-refractivity contribution >= 4 is 6.03 Å². The number of benzene rings is 1. The standard InChI is InChI=1S/C21H32N4O2/c26-19-6-4-5-18(15-19)16-23-11-13-25(14-12-23)20(27)22-21(7-8-21)17-24-9-2-1-3-10-24/h4-6,15,26H,1-3,7-14,16-17H2,(H,22,27). The molecule has 6 nitrogen and oxygen atoms in total. The second kappa shape index (κ2) is 8.07. The molecule has 1 aromatic carbocycles. The van der Waals surface area contributed by atoms with E-state index in [1.807, 2.05) is 23.1 Å². The number of urea groups is 1. The Morgan fingerprint density at radius 3 is 2.41 bits per heavy atom. The molecule has 0 bridgehead atoms. The van der Waals surface area contributed by atoms with Crippen molar-refractivity contribution in [1.29, 1.82) is 0 Å². The summed E-state index contributed by atoms with van der Waals surface area (Å²) in [5, 5.41) is 13.0. The van der Waals surface area contributed by atoms with E-state index in [-0.39, 0.29) is 11.6 Å². The van der Waals surface area contributed by atoms with Gasteiger partial charge in [-0.3, -0.25) is 4.90 Å². The molecule has 2 N–H and O–H groups in total. The van der Waals surface area contributed by atoms with Crippen LogP contribution in [-0.2, 0) is 6.54 Å². The van der Waals surface area contributed by atoms with Crippen LogP contribution in [0.2, 0.25) is 0 Å². The first-order valence-electron chi connectivity index (χ1n) is 10.4. The number of amides is 2. The normalized spacial score (nSPS) is 23.2. The van der Waals surface area contributed by atoms with Crippen molar-refractivity contribution in [2.75, 3.05) is 45.8 Å². The first-order chi connectivity index (χ1) is 13.1. The molecular formula is C21H32N4O2. The minimum atomic E-state index is 0.0348. The van der Waals surface area contributed by atoms with Gasteiger partial charge in [0.15, 0.2) is 0 Å². The summed E-state index contributed by atoms with van der Waals surface area (Å²) in [7, 11) is 0. The Labute approximate surface area is 162 Å². The Morgan fingerprint density at radius 1 is 1.00 bits per heavy atom. The molecule has 3 aliphatic rings. The molecule has 2 amide bonds. The molecule has 1 aromatic rings. The van der Waals surface area contributed by atoms with Gasteiger partial charge in [0.05, 0.1) is 5.54 Å². The number of phenolic OH excluding ortho intramolecular Hbond substituents is 1. The smallest absolute Gasteiger partial charge is 0.317 e. The average molecular weight is 373 g/mol. The summed E-state index contributed by atoms with van der Waals surface area (Å²) in [5.41, 5.74) is 1.15. The third-order valence-electron chi connectivity index (χ3n) is 6.18. The van der Waals surface area contributed by atoms with Gasteiger partial charge < -0.3 is 20.2 Å². The van der Waals surface area contributed by atoms with E-state index >= 15 is 0 Å². The van der Waals surface area contributed by atoms with Crippen molar-refractivity contribution in [2.24, 2.45) is 0 Å². The maximum Gasteiger partial charge on any atom is 0.317 e. The predicted octanol–water partition coefficient (Wildman–Crippen LogP) is 2.24. The molecule has 0 aromatic heterocycles. The summed E-state index contributed by atoms with van der Waals surface area (Å²) in [4.78, 5) is 19.6. The van der Waals surface area contributed by atoms with Gasteiger partial charge in [-0.25, -0.2) is 4.79 Å². The van der Waals surface area contributed by atoms with E-state index in [9.17, 15) is 9.90 Å². The van der Waals surface area contributed by atoms with Gasteiger partial charge >= 0.3 is 6.03 Å². The molecule has 0 unspecified atom stereocenters. The molecule has 2 heterocycles. The Bertz CT molecular complexity index is 647. The fraction of sp³-hybridized carbons (Fsp3) is 0.667. The van der Waals surface area contributed by atoms with E-state index in [1.165, 1.54) is 32.4 Å². The minimum absolute atomic E-state index is 0.0348. The molecule has 0 radical (unpaired) electrons. The van der Waals surface area contributed by atoms with Gasteiger partial charge in [-0.1, -0.05) is 18.6 Å². The van der Waals surface area contributed by atoms with Gasteiger partial charge in [0.25, 0.3) is 0 Å². The molecule has 1 saturated carbocycles.